The Morgan fingerprint density at radius 3 is 3.17 bits per heavy atom. The molecule has 1 aliphatic heterocycles. The Hall–Kier alpha value is -1.68. The van der Waals surface area contributed by atoms with Crippen LogP contribution < -0.4 is 4.31 Å². The minimum Gasteiger partial charge on any atom is -0.271 e. The largest absolute Gasteiger partial charge is 0.271 e. The van der Waals surface area contributed by atoms with Crippen LogP contribution in [0.2, 0.25) is 0 Å². The zero-order valence-corrected chi connectivity index (χ0v) is 11.2. The highest BCUT2D eigenvalue weighted by molar-refractivity contribution is 7.90. The smallest absolute Gasteiger partial charge is 0.154 e. The van der Waals surface area contributed by atoms with E-state index in [1.165, 1.54) is 0 Å². The fourth-order valence-corrected chi connectivity index (χ4v) is 3.22. The summed E-state index contributed by atoms with van der Waals surface area (Å²) in [5.41, 5.74) is 1.16. The van der Waals surface area contributed by atoms with E-state index in [0.717, 1.165) is 29.3 Å². The SMILES string of the molecule is C=C/C=C(\C=C/C)S(=O)N1CCc2cccnc21. The zero-order valence-electron chi connectivity index (χ0n) is 10.4. The Labute approximate surface area is 110 Å². The molecule has 0 radical (unpaired) electrons. The summed E-state index contributed by atoms with van der Waals surface area (Å²) in [6, 6.07) is 3.95. The Balaban J connectivity index is 2.31. The monoisotopic (exact) mass is 260 g/mol. The Kier molecular flexibility index (Phi) is 4.10. The maximum atomic E-state index is 12.5. The third-order valence-electron chi connectivity index (χ3n) is 2.70. The van der Waals surface area contributed by atoms with Crippen LogP contribution in [0.1, 0.15) is 12.5 Å². The molecule has 0 N–H and O–H groups in total. The molecule has 0 saturated carbocycles. The van der Waals surface area contributed by atoms with Crippen LogP contribution in [0.5, 0.6) is 0 Å². The molecule has 4 heteroatoms. The lowest BCUT2D eigenvalue weighted by Gasteiger charge is -2.17. The minimum absolute atomic E-state index is 0.741. The van der Waals surface area contributed by atoms with Gasteiger partial charge >= 0.3 is 0 Å². The number of aromatic nitrogens is 1. The van der Waals surface area contributed by atoms with Gasteiger partial charge in [-0.2, -0.15) is 0 Å². The van der Waals surface area contributed by atoms with Crippen molar-refractivity contribution in [2.75, 3.05) is 10.8 Å². The molecule has 1 aliphatic rings. The summed E-state index contributed by atoms with van der Waals surface area (Å²) >= 11 is 0. The van der Waals surface area contributed by atoms with Gasteiger partial charge in [-0.3, -0.25) is 4.31 Å². The van der Waals surface area contributed by atoms with E-state index in [0.29, 0.717) is 0 Å². The molecule has 18 heavy (non-hydrogen) atoms. The molecule has 2 heterocycles. The molecule has 1 atom stereocenters. The molecule has 0 fully saturated rings. The van der Waals surface area contributed by atoms with Gasteiger partial charge in [-0.1, -0.05) is 24.8 Å². The average molecular weight is 260 g/mol. The number of allylic oxidation sites excluding steroid dienone is 4. The molecule has 0 aliphatic carbocycles. The van der Waals surface area contributed by atoms with Gasteiger partial charge < -0.3 is 0 Å². The standard InChI is InChI=1S/C14H16N2OS/c1-3-6-13(7-4-2)18(17)16-11-9-12-8-5-10-15-14(12)16/h3-8,10H,1,9,11H2,2H3/b7-4-,13-6+. The first-order valence-corrected chi connectivity index (χ1v) is 6.97. The molecule has 2 rings (SSSR count). The molecule has 0 bridgehead atoms. The van der Waals surface area contributed by atoms with Crippen LogP contribution in [-0.4, -0.2) is 15.7 Å². The quantitative estimate of drug-likeness (QED) is 0.780. The summed E-state index contributed by atoms with van der Waals surface area (Å²) in [5, 5.41) is 0. The van der Waals surface area contributed by atoms with Gasteiger partial charge in [-0.25, -0.2) is 9.19 Å². The van der Waals surface area contributed by atoms with Crippen molar-refractivity contribution in [2.45, 2.75) is 13.3 Å². The maximum Gasteiger partial charge on any atom is 0.154 e. The second-order valence-corrected chi connectivity index (χ2v) is 5.30. The van der Waals surface area contributed by atoms with E-state index >= 15 is 0 Å². The van der Waals surface area contributed by atoms with Crippen molar-refractivity contribution in [1.82, 2.24) is 4.98 Å². The summed E-state index contributed by atoms with van der Waals surface area (Å²) in [4.78, 5) is 5.06. The van der Waals surface area contributed by atoms with E-state index in [1.54, 1.807) is 18.3 Å². The number of fused-ring (bicyclic) bond motifs is 1. The molecular weight excluding hydrogens is 244 g/mol. The summed E-state index contributed by atoms with van der Waals surface area (Å²) in [6.07, 6.45) is 9.79. The van der Waals surface area contributed by atoms with Crippen LogP contribution in [0.25, 0.3) is 0 Å². The molecule has 0 aromatic carbocycles. The van der Waals surface area contributed by atoms with Gasteiger partial charge in [-0.15, -0.1) is 0 Å². The van der Waals surface area contributed by atoms with Gasteiger partial charge in [0.25, 0.3) is 0 Å². The van der Waals surface area contributed by atoms with Crippen LogP contribution in [-0.2, 0) is 17.4 Å². The highest BCUT2D eigenvalue weighted by Gasteiger charge is 2.25. The lowest BCUT2D eigenvalue weighted by atomic mass is 10.2. The van der Waals surface area contributed by atoms with Crippen molar-refractivity contribution in [2.24, 2.45) is 0 Å². The molecule has 0 saturated heterocycles. The third kappa shape index (κ3) is 2.43. The van der Waals surface area contributed by atoms with Gasteiger partial charge in [0, 0.05) is 12.7 Å². The second-order valence-electron chi connectivity index (χ2n) is 3.89. The van der Waals surface area contributed by atoms with E-state index in [-0.39, 0.29) is 0 Å². The molecule has 94 valence electrons. The minimum atomic E-state index is -1.22. The van der Waals surface area contributed by atoms with Crippen LogP contribution in [0, 0.1) is 0 Å². The van der Waals surface area contributed by atoms with Gasteiger partial charge in [0.15, 0.2) is 11.0 Å². The molecule has 0 spiro atoms. The number of anilines is 1. The number of pyridine rings is 1. The molecule has 1 unspecified atom stereocenters. The van der Waals surface area contributed by atoms with Crippen LogP contribution in [0.4, 0.5) is 5.82 Å². The predicted octanol–water partition coefficient (Wildman–Crippen LogP) is 2.75. The number of rotatable bonds is 4. The summed E-state index contributed by atoms with van der Waals surface area (Å²) in [7, 11) is -1.22. The predicted molar refractivity (Wildman–Crippen MR) is 76.5 cm³/mol. The summed E-state index contributed by atoms with van der Waals surface area (Å²) in [6.45, 7) is 6.31. The first kappa shape index (κ1) is 12.8. The molecule has 1 aromatic heterocycles. The lowest BCUT2D eigenvalue weighted by molar-refractivity contribution is 0.684. The Morgan fingerprint density at radius 1 is 1.61 bits per heavy atom. The first-order chi connectivity index (χ1) is 8.77. The summed E-state index contributed by atoms with van der Waals surface area (Å²) in [5.74, 6) is 0.829. The Morgan fingerprint density at radius 2 is 2.44 bits per heavy atom. The molecule has 0 amide bonds. The maximum absolute atomic E-state index is 12.5. The molecule has 1 aromatic rings. The van der Waals surface area contributed by atoms with Crippen molar-refractivity contribution in [3.05, 3.63) is 59.7 Å². The van der Waals surface area contributed by atoms with Gasteiger partial charge in [0.2, 0.25) is 0 Å². The number of hydrogen-bond acceptors (Lipinski definition) is 2. The van der Waals surface area contributed by atoms with Crippen molar-refractivity contribution in [1.29, 1.82) is 0 Å². The second kappa shape index (κ2) is 5.78. The van der Waals surface area contributed by atoms with Crippen molar-refractivity contribution < 1.29 is 4.21 Å². The lowest BCUT2D eigenvalue weighted by Crippen LogP contribution is -2.24. The molecular formula is C14H16N2OS. The fourth-order valence-electron chi connectivity index (χ4n) is 1.92. The number of hydrogen-bond donors (Lipinski definition) is 0. The topological polar surface area (TPSA) is 33.2 Å². The van der Waals surface area contributed by atoms with Crippen molar-refractivity contribution >= 4 is 16.8 Å². The normalized spacial score (nSPS) is 16.9. The Bertz CT molecular complexity index is 534. The van der Waals surface area contributed by atoms with Gasteiger partial charge in [0.05, 0.1) is 4.91 Å². The zero-order chi connectivity index (χ0) is 13.0. The van der Waals surface area contributed by atoms with E-state index in [2.05, 4.69) is 11.6 Å². The van der Waals surface area contributed by atoms with E-state index in [1.807, 2.05) is 35.5 Å². The number of nitrogens with zero attached hydrogens (tertiary/aromatic N) is 2. The van der Waals surface area contributed by atoms with Crippen molar-refractivity contribution in [3.8, 4) is 0 Å². The first-order valence-electron chi connectivity index (χ1n) is 5.86. The van der Waals surface area contributed by atoms with E-state index in [4.69, 9.17) is 0 Å². The van der Waals surface area contributed by atoms with Gasteiger partial charge in [-0.05, 0) is 37.1 Å². The van der Waals surface area contributed by atoms with Crippen molar-refractivity contribution in [3.63, 3.8) is 0 Å². The van der Waals surface area contributed by atoms with E-state index < -0.39 is 11.0 Å². The fraction of sp³-hybridized carbons (Fsp3) is 0.214. The van der Waals surface area contributed by atoms with Crippen LogP contribution in [0.3, 0.4) is 0 Å². The van der Waals surface area contributed by atoms with Crippen LogP contribution >= 0.6 is 0 Å². The molecule has 3 nitrogen and oxygen atoms in total. The third-order valence-corrected chi connectivity index (χ3v) is 4.13. The average Bonchev–Trinajstić information content (AvgIpc) is 2.81. The van der Waals surface area contributed by atoms with Gasteiger partial charge in [0.1, 0.15) is 5.82 Å². The highest BCUT2D eigenvalue weighted by atomic mass is 32.2. The highest BCUT2D eigenvalue weighted by Crippen LogP contribution is 2.28. The summed E-state index contributed by atoms with van der Waals surface area (Å²) < 4.78 is 14.4. The van der Waals surface area contributed by atoms with Crippen LogP contribution in [0.15, 0.2) is 54.1 Å². The van der Waals surface area contributed by atoms with E-state index in [9.17, 15) is 4.21 Å².